The molecule has 6 atom stereocenters. The van der Waals surface area contributed by atoms with E-state index in [4.69, 9.17) is 32.7 Å². The van der Waals surface area contributed by atoms with Crippen molar-refractivity contribution in [2.45, 2.75) is 28.5 Å². The summed E-state index contributed by atoms with van der Waals surface area (Å²) in [5.41, 5.74) is 0.0508. The molecule has 6 unspecified atom stereocenters. The van der Waals surface area contributed by atoms with Crippen molar-refractivity contribution in [2.75, 3.05) is 26.2 Å². The highest BCUT2D eigenvalue weighted by atomic mass is 35.5. The lowest BCUT2D eigenvalue weighted by atomic mass is 9.56. The normalized spacial score (nSPS) is 31.0. The van der Waals surface area contributed by atoms with Gasteiger partial charge in [-0.05, 0) is 30.9 Å². The number of carboxylic acids is 1. The number of aromatic carboxylic acids is 1. The van der Waals surface area contributed by atoms with Gasteiger partial charge in [0.25, 0.3) is 11.8 Å². The minimum Gasteiger partial charge on any atom is -0.507 e. The van der Waals surface area contributed by atoms with E-state index in [1.165, 1.54) is 39.5 Å². The van der Waals surface area contributed by atoms with Gasteiger partial charge in [0.2, 0.25) is 11.8 Å². The number of carboxylic acid groups (broad SMARTS) is 1. The minimum atomic E-state index is -2.14. The number of hydrogen-bond donors (Lipinski definition) is 3. The largest absolute Gasteiger partial charge is 0.507 e. The number of methoxy groups -OCH3 is 2. The number of imide groups is 2. The smallest absolute Gasteiger partial charge is 0.339 e. The molecule has 3 fully saturated rings. The molecule has 0 aromatic heterocycles. The Morgan fingerprint density at radius 2 is 1.66 bits per heavy atom. The van der Waals surface area contributed by atoms with Crippen LogP contribution in [0.1, 0.15) is 34.7 Å². The monoisotopic (exact) mass is 644 g/mol. The number of rotatable bonds is 5. The summed E-state index contributed by atoms with van der Waals surface area (Å²) in [5.74, 6) is -8.97. The third kappa shape index (κ3) is 3.67. The van der Waals surface area contributed by atoms with Crippen LogP contribution >= 0.6 is 23.2 Å². The molecular formula is C30H26Cl2N2O10. The Morgan fingerprint density at radius 1 is 0.955 bits per heavy atom. The third-order valence-corrected chi connectivity index (χ3v) is 10.7. The summed E-state index contributed by atoms with van der Waals surface area (Å²) in [7, 11) is 3.98. The molecule has 0 bridgehead atoms. The molecule has 14 heteroatoms. The third-order valence-electron chi connectivity index (χ3n) is 9.32. The van der Waals surface area contributed by atoms with Crippen LogP contribution < -0.4 is 14.4 Å². The van der Waals surface area contributed by atoms with E-state index in [1.54, 1.807) is 6.08 Å². The van der Waals surface area contributed by atoms with E-state index in [-0.39, 0.29) is 41.3 Å². The van der Waals surface area contributed by atoms with Crippen LogP contribution in [-0.4, -0.2) is 80.8 Å². The maximum atomic E-state index is 14.1. The van der Waals surface area contributed by atoms with Gasteiger partial charge in [0, 0.05) is 36.7 Å². The lowest BCUT2D eigenvalue weighted by Crippen LogP contribution is -2.60. The number of alkyl halides is 2. The van der Waals surface area contributed by atoms with Crippen molar-refractivity contribution in [1.29, 1.82) is 0 Å². The van der Waals surface area contributed by atoms with Crippen LogP contribution in [0.3, 0.4) is 0 Å². The Morgan fingerprint density at radius 3 is 2.27 bits per heavy atom. The fourth-order valence-corrected chi connectivity index (χ4v) is 8.32. The lowest BCUT2D eigenvalue weighted by Gasteiger charge is -2.51. The van der Waals surface area contributed by atoms with E-state index in [9.17, 15) is 39.3 Å². The van der Waals surface area contributed by atoms with Crippen molar-refractivity contribution in [3.63, 3.8) is 0 Å². The first-order valence-electron chi connectivity index (χ1n) is 13.5. The van der Waals surface area contributed by atoms with Crippen LogP contribution in [0.4, 0.5) is 5.69 Å². The predicted molar refractivity (Wildman–Crippen MR) is 154 cm³/mol. The zero-order valence-corrected chi connectivity index (χ0v) is 25.0. The second-order valence-corrected chi connectivity index (χ2v) is 12.5. The SMILES string of the molecule is COc1cc(O)c(C2C3=CCC4C(=O)N(c5ccc(C(=O)O)c(O)c5)C(=O)C4C3CC3(Cl)C(=O)N(C)C(=O)C23Cl)c(OC)c1. The van der Waals surface area contributed by atoms with Gasteiger partial charge >= 0.3 is 5.97 Å². The van der Waals surface area contributed by atoms with E-state index < -0.39 is 74.3 Å². The Kier molecular flexibility index (Phi) is 6.67. The second kappa shape index (κ2) is 9.86. The molecule has 2 aromatic carbocycles. The second-order valence-electron chi connectivity index (χ2n) is 11.3. The van der Waals surface area contributed by atoms with Crippen LogP contribution in [0.25, 0.3) is 0 Å². The van der Waals surface area contributed by atoms with Gasteiger partial charge in [-0.2, -0.15) is 0 Å². The summed E-state index contributed by atoms with van der Waals surface area (Å²) < 4.78 is 10.8. The Balaban J connectivity index is 1.53. The molecule has 6 rings (SSSR count). The molecule has 1 saturated carbocycles. The number of halogens is 2. The summed E-state index contributed by atoms with van der Waals surface area (Å²) in [6.45, 7) is 0. The summed E-state index contributed by atoms with van der Waals surface area (Å²) >= 11 is 14.3. The maximum absolute atomic E-state index is 14.1. The first-order chi connectivity index (χ1) is 20.7. The molecule has 2 aliphatic heterocycles. The molecule has 230 valence electrons. The average Bonchev–Trinajstić information content (AvgIpc) is 3.31. The van der Waals surface area contributed by atoms with Crippen LogP contribution in [0, 0.1) is 17.8 Å². The van der Waals surface area contributed by atoms with Crippen molar-refractivity contribution in [3.05, 3.63) is 53.1 Å². The zero-order valence-electron chi connectivity index (χ0n) is 23.5. The molecule has 2 aromatic rings. The number of aromatic hydroxyl groups is 2. The Bertz CT molecular complexity index is 1730. The van der Waals surface area contributed by atoms with Crippen molar-refractivity contribution >= 4 is 58.5 Å². The van der Waals surface area contributed by atoms with Gasteiger partial charge in [0.1, 0.15) is 28.6 Å². The standard InChI is InChI=1S/C30H26Cl2N2O10/c1-33-27(41)29(31)11-17-14(23(30(29,32)28(33)42)22-19(36)9-13(43-2)10-20(22)44-3)6-7-16-21(17)25(38)34(24(16)37)12-4-5-15(26(39)40)18(35)8-12/h4-6,8-10,16-17,21,23,35-36H,7,11H2,1-3H3,(H,39,40). The zero-order chi connectivity index (χ0) is 32.0. The van der Waals surface area contributed by atoms with Crippen LogP contribution in [0.5, 0.6) is 23.0 Å². The summed E-state index contributed by atoms with van der Waals surface area (Å²) in [6, 6.07) is 6.13. The van der Waals surface area contributed by atoms with Gasteiger partial charge in [0.05, 0.1) is 31.7 Å². The number of amides is 4. The molecule has 2 heterocycles. The van der Waals surface area contributed by atoms with Gasteiger partial charge in [-0.25, -0.2) is 9.69 Å². The number of fused-ring (bicyclic) bond motifs is 4. The maximum Gasteiger partial charge on any atom is 0.339 e. The molecule has 44 heavy (non-hydrogen) atoms. The van der Waals surface area contributed by atoms with Crippen LogP contribution in [-0.2, 0) is 19.2 Å². The molecule has 3 N–H and O–H groups in total. The van der Waals surface area contributed by atoms with E-state index in [0.717, 1.165) is 21.9 Å². The number of hydrogen-bond acceptors (Lipinski definition) is 9. The van der Waals surface area contributed by atoms with Crippen LogP contribution in [0.15, 0.2) is 42.0 Å². The highest BCUT2D eigenvalue weighted by Gasteiger charge is 2.76. The molecular weight excluding hydrogens is 619 g/mol. The molecule has 2 aliphatic carbocycles. The van der Waals surface area contributed by atoms with Gasteiger partial charge in [-0.1, -0.05) is 11.6 Å². The van der Waals surface area contributed by atoms with E-state index in [2.05, 4.69) is 0 Å². The fraction of sp³-hybridized carbons (Fsp3) is 0.367. The topological polar surface area (TPSA) is 171 Å². The molecule has 4 amide bonds. The number of allylic oxidation sites excluding steroid dienone is 2. The Hall–Kier alpha value is -4.29. The lowest BCUT2D eigenvalue weighted by molar-refractivity contribution is -0.138. The van der Waals surface area contributed by atoms with Crippen LogP contribution in [0.2, 0.25) is 0 Å². The summed E-state index contributed by atoms with van der Waals surface area (Å²) in [6.07, 6.45) is 1.47. The predicted octanol–water partition coefficient (Wildman–Crippen LogP) is 3.01. The molecule has 2 saturated heterocycles. The van der Waals surface area contributed by atoms with Crippen molar-refractivity contribution in [3.8, 4) is 23.0 Å². The van der Waals surface area contributed by atoms with E-state index in [1.807, 2.05) is 0 Å². The Labute approximate surface area is 260 Å². The van der Waals surface area contributed by atoms with Gasteiger partial charge < -0.3 is 24.8 Å². The number of carbonyl (C=O) groups is 5. The number of ether oxygens (including phenoxy) is 2. The number of nitrogens with zero attached hydrogens (tertiary/aromatic N) is 2. The number of phenolic OH excluding ortho intramolecular Hbond substituents is 1. The minimum absolute atomic E-state index is 0.0283. The molecule has 0 spiro atoms. The molecule has 12 nitrogen and oxygen atoms in total. The molecule has 4 aliphatic rings. The van der Waals surface area contributed by atoms with Gasteiger partial charge in [0.15, 0.2) is 9.75 Å². The van der Waals surface area contributed by atoms with Crippen molar-refractivity contribution in [2.24, 2.45) is 17.8 Å². The number of phenols is 2. The number of benzene rings is 2. The summed E-state index contributed by atoms with van der Waals surface area (Å²) in [4.78, 5) is 64.1. The highest BCUT2D eigenvalue weighted by molar-refractivity contribution is 6.53. The van der Waals surface area contributed by atoms with Gasteiger partial charge in [-0.3, -0.25) is 24.1 Å². The summed E-state index contributed by atoms with van der Waals surface area (Å²) in [5, 5.41) is 30.8. The van der Waals surface area contributed by atoms with E-state index >= 15 is 0 Å². The number of carbonyl (C=O) groups excluding carboxylic acids is 4. The molecule has 0 radical (unpaired) electrons. The first-order valence-corrected chi connectivity index (χ1v) is 14.3. The van der Waals surface area contributed by atoms with E-state index in [0.29, 0.717) is 5.57 Å². The fourth-order valence-electron chi connectivity index (χ4n) is 7.32. The average molecular weight is 645 g/mol. The van der Waals surface area contributed by atoms with Gasteiger partial charge in [-0.15, -0.1) is 23.2 Å². The van der Waals surface area contributed by atoms with Crippen molar-refractivity contribution in [1.82, 2.24) is 4.90 Å². The highest BCUT2D eigenvalue weighted by Crippen LogP contribution is 2.67. The quantitative estimate of drug-likeness (QED) is 0.250. The number of likely N-dealkylation sites (tertiary alicyclic amines) is 1. The first kappa shape index (κ1) is 29.8. The number of anilines is 1. The van der Waals surface area contributed by atoms with Crippen molar-refractivity contribution < 1.29 is 48.8 Å².